The first kappa shape index (κ1) is 20.5. The number of rotatable bonds is 6. The Balaban J connectivity index is 1.92. The van der Waals surface area contributed by atoms with Gasteiger partial charge in [0.05, 0.1) is 34.6 Å². The SMILES string of the molecule is CCOC(=O)C1=C(COC(=O)c2sc(C)nc2C)NC(=O)N[C@@H]1c1ccccc1. The van der Waals surface area contributed by atoms with Gasteiger partial charge in [0.25, 0.3) is 0 Å². The van der Waals surface area contributed by atoms with Gasteiger partial charge in [-0.3, -0.25) is 0 Å². The summed E-state index contributed by atoms with van der Waals surface area (Å²) in [6.07, 6.45) is 0. The topological polar surface area (TPSA) is 107 Å². The number of ether oxygens (including phenoxy) is 2. The molecule has 0 unspecified atom stereocenters. The van der Waals surface area contributed by atoms with E-state index in [1.54, 1.807) is 45.0 Å². The molecule has 1 atom stereocenters. The molecule has 1 aromatic heterocycles. The van der Waals surface area contributed by atoms with Crippen molar-refractivity contribution in [2.75, 3.05) is 13.2 Å². The molecule has 0 bridgehead atoms. The zero-order valence-corrected chi connectivity index (χ0v) is 17.1. The number of esters is 2. The highest BCUT2D eigenvalue weighted by atomic mass is 32.1. The van der Waals surface area contributed by atoms with Gasteiger partial charge < -0.3 is 20.1 Å². The van der Waals surface area contributed by atoms with E-state index in [0.717, 1.165) is 5.01 Å². The van der Waals surface area contributed by atoms with E-state index in [9.17, 15) is 14.4 Å². The maximum Gasteiger partial charge on any atom is 0.350 e. The van der Waals surface area contributed by atoms with Gasteiger partial charge in [-0.05, 0) is 26.3 Å². The van der Waals surface area contributed by atoms with Crippen molar-refractivity contribution in [1.29, 1.82) is 0 Å². The summed E-state index contributed by atoms with van der Waals surface area (Å²) < 4.78 is 10.6. The molecule has 0 fully saturated rings. The summed E-state index contributed by atoms with van der Waals surface area (Å²) in [7, 11) is 0. The van der Waals surface area contributed by atoms with Crippen molar-refractivity contribution < 1.29 is 23.9 Å². The second kappa shape index (κ2) is 8.87. The standard InChI is InChI=1S/C20H21N3O5S/c1-4-27-18(24)15-14(10-28-19(25)17-11(2)21-12(3)29-17)22-20(26)23-16(15)13-8-6-5-7-9-13/h5-9,16H,4,10H2,1-3H3,(H2,22,23,26)/t16-/m1/s1. The van der Waals surface area contributed by atoms with Gasteiger partial charge in [0.2, 0.25) is 0 Å². The molecular formula is C20H21N3O5S. The average molecular weight is 415 g/mol. The van der Waals surface area contributed by atoms with Crippen LogP contribution in [0.25, 0.3) is 0 Å². The minimum Gasteiger partial charge on any atom is -0.463 e. The molecule has 2 aromatic rings. The van der Waals surface area contributed by atoms with Crippen LogP contribution in [0.3, 0.4) is 0 Å². The van der Waals surface area contributed by atoms with E-state index in [0.29, 0.717) is 16.1 Å². The first-order valence-electron chi connectivity index (χ1n) is 9.04. The predicted molar refractivity (Wildman–Crippen MR) is 106 cm³/mol. The summed E-state index contributed by atoms with van der Waals surface area (Å²) in [6.45, 7) is 5.11. The van der Waals surface area contributed by atoms with Crippen LogP contribution in [0.1, 0.15) is 38.9 Å². The van der Waals surface area contributed by atoms with E-state index >= 15 is 0 Å². The molecule has 0 radical (unpaired) electrons. The smallest absolute Gasteiger partial charge is 0.350 e. The van der Waals surface area contributed by atoms with E-state index in [1.165, 1.54) is 11.3 Å². The fourth-order valence-corrected chi connectivity index (χ4v) is 3.81. The van der Waals surface area contributed by atoms with Crippen LogP contribution < -0.4 is 10.6 Å². The van der Waals surface area contributed by atoms with Gasteiger partial charge in [-0.25, -0.2) is 19.4 Å². The summed E-state index contributed by atoms with van der Waals surface area (Å²) in [5.74, 6) is -1.16. The maximum atomic E-state index is 12.7. The summed E-state index contributed by atoms with van der Waals surface area (Å²) >= 11 is 1.23. The molecule has 29 heavy (non-hydrogen) atoms. The van der Waals surface area contributed by atoms with Gasteiger partial charge in [-0.15, -0.1) is 11.3 Å². The number of carbonyl (C=O) groups excluding carboxylic acids is 3. The van der Waals surface area contributed by atoms with Crippen molar-refractivity contribution >= 4 is 29.3 Å². The normalized spacial score (nSPS) is 16.1. The Hall–Kier alpha value is -3.20. The van der Waals surface area contributed by atoms with Crippen molar-refractivity contribution in [3.8, 4) is 0 Å². The second-order valence-corrected chi connectivity index (χ2v) is 7.48. The first-order valence-corrected chi connectivity index (χ1v) is 9.86. The van der Waals surface area contributed by atoms with Crippen LogP contribution in [0, 0.1) is 13.8 Å². The van der Waals surface area contributed by atoms with Gasteiger partial charge in [0.15, 0.2) is 0 Å². The molecular weight excluding hydrogens is 394 g/mol. The van der Waals surface area contributed by atoms with Gasteiger partial charge in [-0.2, -0.15) is 0 Å². The van der Waals surface area contributed by atoms with Crippen molar-refractivity contribution in [3.63, 3.8) is 0 Å². The number of aryl methyl sites for hydroxylation is 2. The fourth-order valence-electron chi connectivity index (χ4n) is 3.00. The average Bonchev–Trinajstić information content (AvgIpc) is 3.04. The van der Waals surface area contributed by atoms with E-state index in [4.69, 9.17) is 9.47 Å². The lowest BCUT2D eigenvalue weighted by atomic mass is 9.95. The lowest BCUT2D eigenvalue weighted by molar-refractivity contribution is -0.139. The molecule has 9 heteroatoms. The van der Waals surface area contributed by atoms with Crippen molar-refractivity contribution in [1.82, 2.24) is 15.6 Å². The largest absolute Gasteiger partial charge is 0.463 e. The number of nitrogens with one attached hydrogen (secondary N) is 2. The fraction of sp³-hybridized carbons (Fsp3) is 0.300. The number of thiazole rings is 1. The number of urea groups is 1. The lowest BCUT2D eigenvalue weighted by Gasteiger charge is -2.29. The number of amides is 2. The van der Waals surface area contributed by atoms with Crippen LogP contribution in [-0.2, 0) is 14.3 Å². The molecule has 0 aliphatic carbocycles. The minimum absolute atomic E-state index is 0.171. The Labute approximate surface area is 171 Å². The molecule has 0 spiro atoms. The highest BCUT2D eigenvalue weighted by Gasteiger charge is 2.34. The number of aromatic nitrogens is 1. The third-order valence-corrected chi connectivity index (χ3v) is 5.27. The Morgan fingerprint density at radius 2 is 1.86 bits per heavy atom. The Kier molecular flexibility index (Phi) is 6.28. The minimum atomic E-state index is -0.718. The zero-order chi connectivity index (χ0) is 21.0. The summed E-state index contributed by atoms with van der Waals surface area (Å²) in [5, 5.41) is 6.05. The van der Waals surface area contributed by atoms with Crippen molar-refractivity contribution in [2.24, 2.45) is 0 Å². The third-order valence-electron chi connectivity index (χ3n) is 4.22. The number of benzene rings is 1. The van der Waals surface area contributed by atoms with Crippen LogP contribution in [0.4, 0.5) is 4.79 Å². The molecule has 0 saturated carbocycles. The van der Waals surface area contributed by atoms with Gasteiger partial charge >= 0.3 is 18.0 Å². The van der Waals surface area contributed by atoms with Crippen LogP contribution in [0.2, 0.25) is 0 Å². The van der Waals surface area contributed by atoms with Gasteiger partial charge in [-0.1, -0.05) is 30.3 Å². The number of hydrogen-bond acceptors (Lipinski definition) is 7. The molecule has 3 rings (SSSR count). The Bertz CT molecular complexity index is 968. The quantitative estimate of drug-likeness (QED) is 0.703. The highest BCUT2D eigenvalue weighted by molar-refractivity contribution is 7.13. The van der Waals surface area contributed by atoms with Crippen molar-refractivity contribution in [3.05, 3.63) is 62.7 Å². The van der Waals surface area contributed by atoms with Crippen LogP contribution in [0.15, 0.2) is 41.6 Å². The highest BCUT2D eigenvalue weighted by Crippen LogP contribution is 2.28. The predicted octanol–water partition coefficient (Wildman–Crippen LogP) is 2.79. The molecule has 1 aliphatic heterocycles. The third kappa shape index (κ3) is 4.62. The Morgan fingerprint density at radius 3 is 2.48 bits per heavy atom. The monoisotopic (exact) mass is 415 g/mol. The molecule has 1 aromatic carbocycles. The van der Waals surface area contributed by atoms with E-state index in [1.807, 2.05) is 6.07 Å². The summed E-state index contributed by atoms with van der Waals surface area (Å²) in [5.41, 5.74) is 1.67. The molecule has 8 nitrogen and oxygen atoms in total. The summed E-state index contributed by atoms with van der Waals surface area (Å²) in [4.78, 5) is 41.9. The second-order valence-electron chi connectivity index (χ2n) is 6.28. The first-order chi connectivity index (χ1) is 13.9. The molecule has 1 aliphatic rings. The molecule has 2 amide bonds. The van der Waals surface area contributed by atoms with Gasteiger partial charge in [0.1, 0.15) is 11.5 Å². The van der Waals surface area contributed by atoms with E-state index < -0.39 is 24.0 Å². The van der Waals surface area contributed by atoms with Crippen LogP contribution >= 0.6 is 11.3 Å². The Morgan fingerprint density at radius 1 is 1.14 bits per heavy atom. The maximum absolute atomic E-state index is 12.7. The summed E-state index contributed by atoms with van der Waals surface area (Å²) in [6, 6.07) is 7.82. The number of nitrogens with zero attached hydrogens (tertiary/aromatic N) is 1. The van der Waals surface area contributed by atoms with Gasteiger partial charge in [0, 0.05) is 0 Å². The van der Waals surface area contributed by atoms with E-state index in [-0.39, 0.29) is 24.5 Å². The molecule has 2 N–H and O–H groups in total. The zero-order valence-electron chi connectivity index (χ0n) is 16.3. The van der Waals surface area contributed by atoms with Crippen molar-refractivity contribution in [2.45, 2.75) is 26.8 Å². The number of hydrogen-bond donors (Lipinski definition) is 2. The molecule has 152 valence electrons. The molecule has 0 saturated heterocycles. The van der Waals surface area contributed by atoms with Crippen LogP contribution in [0.5, 0.6) is 0 Å². The number of carbonyl (C=O) groups is 3. The lowest BCUT2D eigenvalue weighted by Crippen LogP contribution is -2.47. The van der Waals surface area contributed by atoms with Crippen LogP contribution in [-0.4, -0.2) is 36.2 Å². The molecule has 2 heterocycles. The van der Waals surface area contributed by atoms with E-state index in [2.05, 4.69) is 15.6 Å².